The van der Waals surface area contributed by atoms with Crippen LogP contribution in [0.3, 0.4) is 0 Å². The fourth-order valence-electron chi connectivity index (χ4n) is 2.96. The topological polar surface area (TPSA) is 101 Å². The van der Waals surface area contributed by atoms with Gasteiger partial charge in [0.25, 0.3) is 0 Å². The van der Waals surface area contributed by atoms with Crippen LogP contribution in [-0.4, -0.2) is 40.8 Å². The summed E-state index contributed by atoms with van der Waals surface area (Å²) in [4.78, 5) is 10.8. The molecule has 0 saturated carbocycles. The third-order valence-corrected chi connectivity index (χ3v) is 5.75. The second-order valence-corrected chi connectivity index (χ2v) is 7.42. The van der Waals surface area contributed by atoms with Crippen molar-refractivity contribution in [1.82, 2.24) is 9.97 Å². The Labute approximate surface area is 156 Å². The number of nitrogens with zero attached hydrogens (tertiary/aromatic N) is 3. The first-order valence-corrected chi connectivity index (χ1v) is 8.81. The van der Waals surface area contributed by atoms with Crippen LogP contribution < -0.4 is 16.4 Å². The van der Waals surface area contributed by atoms with Gasteiger partial charge in [0, 0.05) is 30.6 Å². The number of β-amino-alcohol motifs (C(OH)–C–C–N with tert-alkyl or cyclic N) is 1. The van der Waals surface area contributed by atoms with Crippen LogP contribution in [0, 0.1) is 5.41 Å². The molecule has 3 rings (SSSR count). The fraction of sp³-hybridized carbons (Fsp3) is 0.412. The van der Waals surface area contributed by atoms with E-state index in [1.165, 1.54) is 0 Å². The van der Waals surface area contributed by atoms with E-state index in [1.54, 1.807) is 24.4 Å². The minimum Gasteiger partial charge on any atom is -0.391 e. The van der Waals surface area contributed by atoms with Gasteiger partial charge in [0.05, 0.1) is 22.3 Å². The van der Waals surface area contributed by atoms with Crippen LogP contribution in [0.15, 0.2) is 24.4 Å². The lowest BCUT2D eigenvalue weighted by molar-refractivity contribution is 0.0278. The molecule has 2 heterocycles. The van der Waals surface area contributed by atoms with Crippen molar-refractivity contribution in [2.45, 2.75) is 19.4 Å². The zero-order valence-electron chi connectivity index (χ0n) is 13.9. The van der Waals surface area contributed by atoms with Crippen molar-refractivity contribution in [2.24, 2.45) is 11.1 Å². The van der Waals surface area contributed by atoms with E-state index in [4.69, 9.17) is 34.7 Å². The van der Waals surface area contributed by atoms with Gasteiger partial charge in [-0.25, -0.2) is 9.97 Å². The highest BCUT2D eigenvalue weighted by molar-refractivity contribution is 6.43. The van der Waals surface area contributed by atoms with Gasteiger partial charge in [-0.1, -0.05) is 42.3 Å². The number of anilines is 2. The number of nitrogen functional groups attached to an aromatic ring is 1. The molecule has 25 heavy (non-hydrogen) atoms. The summed E-state index contributed by atoms with van der Waals surface area (Å²) in [6.07, 6.45) is 1.88. The third kappa shape index (κ3) is 3.40. The second kappa shape index (κ2) is 6.96. The minimum atomic E-state index is -0.531. The Morgan fingerprint density at radius 3 is 2.80 bits per heavy atom. The van der Waals surface area contributed by atoms with Crippen molar-refractivity contribution in [3.8, 4) is 11.3 Å². The molecule has 2 aromatic rings. The van der Waals surface area contributed by atoms with Crippen LogP contribution in [0.4, 0.5) is 11.6 Å². The van der Waals surface area contributed by atoms with Crippen LogP contribution in [0.5, 0.6) is 0 Å². The molecule has 8 heteroatoms. The van der Waals surface area contributed by atoms with Crippen molar-refractivity contribution >= 4 is 34.8 Å². The summed E-state index contributed by atoms with van der Waals surface area (Å²) < 4.78 is 0. The molecule has 1 saturated heterocycles. The molecule has 1 aliphatic rings. The van der Waals surface area contributed by atoms with Crippen molar-refractivity contribution in [3.63, 3.8) is 0 Å². The number of aliphatic hydroxyl groups is 1. The Hall–Kier alpha value is -1.60. The van der Waals surface area contributed by atoms with E-state index >= 15 is 0 Å². The summed E-state index contributed by atoms with van der Waals surface area (Å²) >= 11 is 12.3. The number of nitrogens with two attached hydrogens (primary N) is 2. The molecule has 5 N–H and O–H groups in total. The monoisotopic (exact) mass is 381 g/mol. The zero-order chi connectivity index (χ0) is 18.2. The molecule has 0 spiro atoms. The Morgan fingerprint density at radius 2 is 2.16 bits per heavy atom. The number of hydrogen-bond donors (Lipinski definition) is 3. The lowest BCUT2D eigenvalue weighted by Crippen LogP contribution is -2.53. The Balaban J connectivity index is 1.87. The summed E-state index contributed by atoms with van der Waals surface area (Å²) in [6, 6.07) is 5.29. The fourth-order valence-corrected chi connectivity index (χ4v) is 3.35. The average Bonchev–Trinajstić information content (AvgIpc) is 2.60. The predicted octanol–water partition coefficient (Wildman–Crippen LogP) is 2.57. The molecular weight excluding hydrogens is 361 g/mol. The number of halogens is 2. The third-order valence-electron chi connectivity index (χ3n) is 4.93. The molecule has 134 valence electrons. The van der Waals surface area contributed by atoms with E-state index in [9.17, 15) is 5.11 Å². The molecule has 0 amide bonds. The Kier molecular flexibility index (Phi) is 5.06. The normalized spacial score (nSPS) is 23.7. The molecule has 1 aliphatic heterocycles. The summed E-state index contributed by atoms with van der Waals surface area (Å²) in [5.41, 5.74) is 12.8. The Bertz CT molecular complexity index is 788. The quantitative estimate of drug-likeness (QED) is 0.754. The van der Waals surface area contributed by atoms with E-state index in [2.05, 4.69) is 9.97 Å². The van der Waals surface area contributed by atoms with Crippen LogP contribution in [0.2, 0.25) is 10.0 Å². The van der Waals surface area contributed by atoms with Gasteiger partial charge in [0.15, 0.2) is 5.82 Å². The lowest BCUT2D eigenvalue weighted by atomic mass is 9.78. The number of hydrogen-bond acceptors (Lipinski definition) is 6. The Morgan fingerprint density at radius 1 is 1.40 bits per heavy atom. The molecule has 2 atom stereocenters. The molecular formula is C17H21Cl2N5O. The maximum atomic E-state index is 10.4. The van der Waals surface area contributed by atoms with Gasteiger partial charge < -0.3 is 21.5 Å². The smallest absolute Gasteiger partial charge is 0.152 e. The van der Waals surface area contributed by atoms with E-state index in [-0.39, 0.29) is 11.2 Å². The van der Waals surface area contributed by atoms with Gasteiger partial charge in [-0.05, 0) is 12.5 Å². The SMILES string of the molecule is CC1(CN)CCN(c2cnc(-c3cccc(Cl)c3Cl)c(N)n2)CC1O. The summed E-state index contributed by atoms with van der Waals surface area (Å²) in [5, 5.41) is 11.2. The highest BCUT2D eigenvalue weighted by Gasteiger charge is 2.37. The van der Waals surface area contributed by atoms with Gasteiger partial charge in [0.1, 0.15) is 11.5 Å². The number of piperidine rings is 1. The number of benzene rings is 1. The van der Waals surface area contributed by atoms with E-state index in [1.807, 2.05) is 11.8 Å². The molecule has 0 aliphatic carbocycles. The van der Waals surface area contributed by atoms with E-state index < -0.39 is 6.10 Å². The van der Waals surface area contributed by atoms with Crippen molar-refractivity contribution in [2.75, 3.05) is 30.3 Å². The first kappa shape index (κ1) is 18.2. The van der Waals surface area contributed by atoms with Crippen LogP contribution >= 0.6 is 23.2 Å². The molecule has 1 fully saturated rings. The number of aliphatic hydroxyl groups excluding tert-OH is 1. The molecule has 1 aromatic heterocycles. The molecule has 1 aromatic carbocycles. The van der Waals surface area contributed by atoms with Gasteiger partial charge in [-0.15, -0.1) is 0 Å². The number of rotatable bonds is 3. The molecule has 0 radical (unpaired) electrons. The maximum Gasteiger partial charge on any atom is 0.152 e. The molecule has 0 bridgehead atoms. The van der Waals surface area contributed by atoms with E-state index in [0.29, 0.717) is 40.2 Å². The standard InChI is InChI=1S/C17H21Cl2N5O/c1-17(9-20)5-6-24(8-12(17)25)13-7-22-15(16(21)23-13)10-3-2-4-11(18)14(10)19/h2-4,7,12,25H,5-6,8-9,20H2,1H3,(H2,21,23). The van der Waals surface area contributed by atoms with Crippen molar-refractivity contribution in [1.29, 1.82) is 0 Å². The molecule has 2 unspecified atom stereocenters. The van der Waals surface area contributed by atoms with Crippen LogP contribution in [-0.2, 0) is 0 Å². The second-order valence-electron chi connectivity index (χ2n) is 6.63. The van der Waals surface area contributed by atoms with Crippen LogP contribution in [0.1, 0.15) is 13.3 Å². The summed E-state index contributed by atoms with van der Waals surface area (Å²) in [5.74, 6) is 0.890. The number of aromatic nitrogens is 2. The van der Waals surface area contributed by atoms with Crippen LogP contribution in [0.25, 0.3) is 11.3 Å². The highest BCUT2D eigenvalue weighted by Crippen LogP contribution is 2.36. The largest absolute Gasteiger partial charge is 0.391 e. The first-order valence-electron chi connectivity index (χ1n) is 8.05. The van der Waals surface area contributed by atoms with Gasteiger partial charge >= 0.3 is 0 Å². The lowest BCUT2D eigenvalue weighted by Gasteiger charge is -2.43. The van der Waals surface area contributed by atoms with Gasteiger partial charge in [-0.3, -0.25) is 0 Å². The summed E-state index contributed by atoms with van der Waals surface area (Å²) in [6.45, 7) is 3.62. The average molecular weight is 382 g/mol. The van der Waals surface area contributed by atoms with Gasteiger partial charge in [0.2, 0.25) is 0 Å². The minimum absolute atomic E-state index is 0.267. The predicted molar refractivity (Wildman–Crippen MR) is 102 cm³/mol. The van der Waals surface area contributed by atoms with Crippen molar-refractivity contribution in [3.05, 3.63) is 34.4 Å². The highest BCUT2D eigenvalue weighted by atomic mass is 35.5. The van der Waals surface area contributed by atoms with Crippen molar-refractivity contribution < 1.29 is 5.11 Å². The van der Waals surface area contributed by atoms with E-state index in [0.717, 1.165) is 13.0 Å². The first-order chi connectivity index (χ1) is 11.9. The maximum absolute atomic E-state index is 10.4. The molecule has 6 nitrogen and oxygen atoms in total. The van der Waals surface area contributed by atoms with Gasteiger partial charge in [-0.2, -0.15) is 0 Å². The zero-order valence-corrected chi connectivity index (χ0v) is 15.4. The summed E-state index contributed by atoms with van der Waals surface area (Å²) in [7, 11) is 0.